The molecular weight excluding hydrogens is 162 g/mol. The van der Waals surface area contributed by atoms with E-state index < -0.39 is 0 Å². The largest absolute Gasteiger partial charge is 0.329 e. The highest BCUT2D eigenvalue weighted by Crippen LogP contribution is 2.14. The Labute approximate surface area is 81.7 Å². The Hall–Kier alpha value is -0.120. The summed E-state index contributed by atoms with van der Waals surface area (Å²) < 4.78 is 0. The predicted molar refractivity (Wildman–Crippen MR) is 56.7 cm³/mol. The van der Waals surface area contributed by atoms with Crippen LogP contribution in [0, 0.1) is 5.92 Å². The highest BCUT2D eigenvalue weighted by atomic mass is 15.1. The maximum absolute atomic E-state index is 5.54. The molecule has 78 valence electrons. The van der Waals surface area contributed by atoms with Crippen LogP contribution in [0.1, 0.15) is 20.3 Å². The molecule has 3 nitrogen and oxygen atoms in total. The molecule has 1 saturated heterocycles. The Morgan fingerprint density at radius 3 is 2.92 bits per heavy atom. The molecule has 0 aromatic carbocycles. The van der Waals surface area contributed by atoms with Gasteiger partial charge >= 0.3 is 0 Å². The van der Waals surface area contributed by atoms with Crippen molar-refractivity contribution in [1.29, 1.82) is 0 Å². The van der Waals surface area contributed by atoms with E-state index >= 15 is 0 Å². The van der Waals surface area contributed by atoms with Gasteiger partial charge in [-0.3, -0.25) is 0 Å². The van der Waals surface area contributed by atoms with Gasteiger partial charge in [0.15, 0.2) is 0 Å². The average molecular weight is 185 g/mol. The molecule has 1 rings (SSSR count). The first-order chi connectivity index (χ1) is 6.26. The molecule has 3 heteroatoms. The maximum Gasteiger partial charge on any atom is 0.0162 e. The number of hydrogen-bond acceptors (Lipinski definition) is 3. The average Bonchev–Trinajstić information content (AvgIpc) is 2.61. The standard InChI is InChI=1S/C10H23N3/c1-3-13-5-4-10(8-13)7-12-9(2)6-11/h9-10,12H,3-8,11H2,1-2H3. The molecule has 0 aromatic rings. The molecule has 2 atom stereocenters. The van der Waals surface area contributed by atoms with Crippen molar-refractivity contribution in [3.63, 3.8) is 0 Å². The summed E-state index contributed by atoms with van der Waals surface area (Å²) in [5, 5.41) is 3.47. The van der Waals surface area contributed by atoms with Crippen molar-refractivity contribution >= 4 is 0 Å². The van der Waals surface area contributed by atoms with Gasteiger partial charge in [0, 0.05) is 19.1 Å². The van der Waals surface area contributed by atoms with Gasteiger partial charge in [-0.05, 0) is 38.9 Å². The fraction of sp³-hybridized carbons (Fsp3) is 1.00. The van der Waals surface area contributed by atoms with Crippen LogP contribution in [-0.4, -0.2) is 43.7 Å². The van der Waals surface area contributed by atoms with Gasteiger partial charge in [0.25, 0.3) is 0 Å². The molecule has 1 fully saturated rings. The van der Waals surface area contributed by atoms with E-state index in [9.17, 15) is 0 Å². The van der Waals surface area contributed by atoms with Gasteiger partial charge in [0.1, 0.15) is 0 Å². The molecule has 0 aromatic heterocycles. The van der Waals surface area contributed by atoms with Gasteiger partial charge in [-0.2, -0.15) is 0 Å². The van der Waals surface area contributed by atoms with E-state index in [-0.39, 0.29) is 0 Å². The number of likely N-dealkylation sites (tertiary alicyclic amines) is 1. The third kappa shape index (κ3) is 3.63. The lowest BCUT2D eigenvalue weighted by Crippen LogP contribution is -2.37. The van der Waals surface area contributed by atoms with Gasteiger partial charge in [0.2, 0.25) is 0 Å². The van der Waals surface area contributed by atoms with Gasteiger partial charge < -0.3 is 16.0 Å². The summed E-state index contributed by atoms with van der Waals surface area (Å²) in [4.78, 5) is 2.51. The Morgan fingerprint density at radius 2 is 2.38 bits per heavy atom. The predicted octanol–water partition coefficient (Wildman–Crippen LogP) is 0.265. The lowest BCUT2D eigenvalue weighted by atomic mass is 10.1. The highest BCUT2D eigenvalue weighted by Gasteiger charge is 2.20. The first-order valence-electron chi connectivity index (χ1n) is 5.42. The van der Waals surface area contributed by atoms with Crippen molar-refractivity contribution in [1.82, 2.24) is 10.2 Å². The van der Waals surface area contributed by atoms with Crippen molar-refractivity contribution in [2.45, 2.75) is 26.3 Å². The monoisotopic (exact) mass is 185 g/mol. The van der Waals surface area contributed by atoms with Crippen LogP contribution < -0.4 is 11.1 Å². The molecule has 1 aliphatic rings. The molecule has 0 bridgehead atoms. The second kappa shape index (κ2) is 5.58. The first kappa shape index (κ1) is 11.0. The Morgan fingerprint density at radius 1 is 1.62 bits per heavy atom. The van der Waals surface area contributed by atoms with Crippen molar-refractivity contribution in [2.24, 2.45) is 11.7 Å². The third-order valence-corrected chi connectivity index (χ3v) is 2.93. The number of nitrogens with zero attached hydrogens (tertiary/aromatic N) is 1. The summed E-state index contributed by atoms with van der Waals surface area (Å²) in [6.07, 6.45) is 1.35. The fourth-order valence-electron chi connectivity index (χ4n) is 1.82. The molecule has 1 heterocycles. The van der Waals surface area contributed by atoms with Crippen LogP contribution in [0.15, 0.2) is 0 Å². The van der Waals surface area contributed by atoms with E-state index in [1.165, 1.54) is 26.1 Å². The lowest BCUT2D eigenvalue weighted by Gasteiger charge is -2.16. The minimum Gasteiger partial charge on any atom is -0.329 e. The molecule has 3 N–H and O–H groups in total. The summed E-state index contributed by atoms with van der Waals surface area (Å²) in [7, 11) is 0. The Bertz CT molecular complexity index is 138. The van der Waals surface area contributed by atoms with Crippen LogP contribution in [0.4, 0.5) is 0 Å². The molecule has 0 aliphatic carbocycles. The summed E-state index contributed by atoms with van der Waals surface area (Å²) in [6.45, 7) is 9.99. The van der Waals surface area contributed by atoms with Crippen molar-refractivity contribution in [2.75, 3.05) is 32.7 Å². The van der Waals surface area contributed by atoms with Crippen LogP contribution in [0.3, 0.4) is 0 Å². The highest BCUT2D eigenvalue weighted by molar-refractivity contribution is 4.77. The van der Waals surface area contributed by atoms with Gasteiger partial charge in [-0.15, -0.1) is 0 Å². The zero-order chi connectivity index (χ0) is 9.68. The minimum absolute atomic E-state index is 0.468. The number of hydrogen-bond donors (Lipinski definition) is 2. The quantitative estimate of drug-likeness (QED) is 0.646. The smallest absolute Gasteiger partial charge is 0.0162 e. The second-order valence-electron chi connectivity index (χ2n) is 4.09. The number of nitrogens with two attached hydrogens (primary N) is 1. The normalized spacial score (nSPS) is 26.5. The second-order valence-corrected chi connectivity index (χ2v) is 4.09. The van der Waals surface area contributed by atoms with Crippen LogP contribution in [0.2, 0.25) is 0 Å². The molecule has 0 amide bonds. The molecular formula is C10H23N3. The number of nitrogens with one attached hydrogen (secondary N) is 1. The molecule has 13 heavy (non-hydrogen) atoms. The van der Waals surface area contributed by atoms with E-state index in [4.69, 9.17) is 5.73 Å². The van der Waals surface area contributed by atoms with Gasteiger partial charge in [0.05, 0.1) is 0 Å². The van der Waals surface area contributed by atoms with Crippen LogP contribution in [0.5, 0.6) is 0 Å². The Balaban J connectivity index is 2.10. The summed E-state index contributed by atoms with van der Waals surface area (Å²) in [5.41, 5.74) is 5.54. The van der Waals surface area contributed by atoms with E-state index in [1.807, 2.05) is 0 Å². The van der Waals surface area contributed by atoms with Crippen molar-refractivity contribution in [3.8, 4) is 0 Å². The van der Waals surface area contributed by atoms with Crippen molar-refractivity contribution in [3.05, 3.63) is 0 Å². The molecule has 0 radical (unpaired) electrons. The maximum atomic E-state index is 5.54. The summed E-state index contributed by atoms with van der Waals surface area (Å²) >= 11 is 0. The lowest BCUT2D eigenvalue weighted by molar-refractivity contribution is 0.336. The van der Waals surface area contributed by atoms with Crippen molar-refractivity contribution < 1.29 is 0 Å². The Kier molecular flexibility index (Phi) is 4.70. The summed E-state index contributed by atoms with van der Waals surface area (Å²) in [6, 6.07) is 0.468. The zero-order valence-electron chi connectivity index (χ0n) is 8.92. The molecule has 1 aliphatic heterocycles. The number of rotatable bonds is 5. The molecule has 2 unspecified atom stereocenters. The van der Waals surface area contributed by atoms with Gasteiger partial charge in [-0.1, -0.05) is 6.92 Å². The van der Waals surface area contributed by atoms with E-state index in [0.29, 0.717) is 6.04 Å². The van der Waals surface area contributed by atoms with E-state index in [2.05, 4.69) is 24.1 Å². The van der Waals surface area contributed by atoms with E-state index in [1.54, 1.807) is 0 Å². The van der Waals surface area contributed by atoms with Gasteiger partial charge in [-0.25, -0.2) is 0 Å². The third-order valence-electron chi connectivity index (χ3n) is 2.93. The SMILES string of the molecule is CCN1CCC(CNC(C)CN)C1. The fourth-order valence-corrected chi connectivity index (χ4v) is 1.82. The molecule has 0 saturated carbocycles. The van der Waals surface area contributed by atoms with Crippen LogP contribution in [-0.2, 0) is 0 Å². The van der Waals surface area contributed by atoms with E-state index in [0.717, 1.165) is 19.0 Å². The first-order valence-corrected chi connectivity index (χ1v) is 5.42. The zero-order valence-corrected chi connectivity index (χ0v) is 8.92. The topological polar surface area (TPSA) is 41.3 Å². The molecule has 0 spiro atoms. The summed E-state index contributed by atoms with van der Waals surface area (Å²) in [5.74, 6) is 0.842. The minimum atomic E-state index is 0.468. The van der Waals surface area contributed by atoms with Crippen LogP contribution in [0.25, 0.3) is 0 Å². The van der Waals surface area contributed by atoms with Crippen LogP contribution >= 0.6 is 0 Å².